The van der Waals surface area contributed by atoms with Crippen LogP contribution in [0.1, 0.15) is 25.0 Å². The van der Waals surface area contributed by atoms with E-state index in [1.54, 1.807) is 0 Å². The Labute approximate surface area is 123 Å². The Bertz CT molecular complexity index is 582. The summed E-state index contributed by atoms with van der Waals surface area (Å²) in [6.07, 6.45) is 0. The van der Waals surface area contributed by atoms with Gasteiger partial charge in [-0.1, -0.05) is 38.1 Å². The maximum atomic E-state index is 13.4. The number of nitrogens with one attached hydrogen (secondary N) is 1. The van der Waals surface area contributed by atoms with Crippen LogP contribution in [0, 0.1) is 11.6 Å². The minimum Gasteiger partial charge on any atom is -0.486 e. The molecule has 0 atom stereocenters. The summed E-state index contributed by atoms with van der Waals surface area (Å²) >= 11 is 0. The molecule has 0 unspecified atom stereocenters. The summed E-state index contributed by atoms with van der Waals surface area (Å²) in [7, 11) is 0. The van der Waals surface area contributed by atoms with Crippen LogP contribution in [-0.4, -0.2) is 6.04 Å². The molecular formula is C17H19F2NO. The highest BCUT2D eigenvalue weighted by molar-refractivity contribution is 5.26. The zero-order valence-electron chi connectivity index (χ0n) is 12.2. The molecule has 4 heteroatoms. The molecule has 2 nitrogen and oxygen atoms in total. The third-order valence-corrected chi connectivity index (χ3v) is 3.02. The van der Waals surface area contributed by atoms with Crippen LogP contribution in [0.4, 0.5) is 8.78 Å². The van der Waals surface area contributed by atoms with E-state index in [9.17, 15) is 8.78 Å². The van der Waals surface area contributed by atoms with Crippen LogP contribution in [0.2, 0.25) is 0 Å². The first-order valence-corrected chi connectivity index (χ1v) is 6.93. The fourth-order valence-electron chi connectivity index (χ4n) is 1.82. The van der Waals surface area contributed by atoms with Crippen molar-refractivity contribution in [1.29, 1.82) is 0 Å². The molecule has 21 heavy (non-hydrogen) atoms. The summed E-state index contributed by atoms with van der Waals surface area (Å²) in [6, 6.07) is 11.5. The molecule has 2 rings (SSSR count). The van der Waals surface area contributed by atoms with E-state index in [0.29, 0.717) is 6.04 Å². The highest BCUT2D eigenvalue weighted by atomic mass is 19.1. The lowest BCUT2D eigenvalue weighted by molar-refractivity contribution is 0.288. The topological polar surface area (TPSA) is 21.3 Å². The second-order valence-corrected chi connectivity index (χ2v) is 5.22. The summed E-state index contributed by atoms with van der Waals surface area (Å²) in [5.41, 5.74) is 2.08. The standard InChI is InChI=1S/C17H19F2NO/c1-12(2)20-10-13-3-5-14(6-4-13)11-21-17-9-15(18)7-8-16(17)19/h3-9,12,20H,10-11H2,1-2H3. The van der Waals surface area contributed by atoms with Crippen LogP contribution >= 0.6 is 0 Å². The van der Waals surface area contributed by atoms with Gasteiger partial charge in [-0.25, -0.2) is 8.78 Å². The van der Waals surface area contributed by atoms with E-state index in [2.05, 4.69) is 19.2 Å². The van der Waals surface area contributed by atoms with Crippen molar-refractivity contribution in [3.8, 4) is 5.75 Å². The van der Waals surface area contributed by atoms with E-state index >= 15 is 0 Å². The predicted octanol–water partition coefficient (Wildman–Crippen LogP) is 4.04. The largest absolute Gasteiger partial charge is 0.486 e. The van der Waals surface area contributed by atoms with Gasteiger partial charge in [0.1, 0.15) is 12.4 Å². The molecule has 2 aromatic carbocycles. The van der Waals surface area contributed by atoms with Crippen molar-refractivity contribution < 1.29 is 13.5 Å². The van der Waals surface area contributed by atoms with Crippen LogP contribution in [-0.2, 0) is 13.2 Å². The zero-order valence-corrected chi connectivity index (χ0v) is 12.2. The van der Waals surface area contributed by atoms with Crippen molar-refractivity contribution in [1.82, 2.24) is 5.32 Å². The molecule has 0 fully saturated rings. The average Bonchev–Trinajstić information content (AvgIpc) is 2.47. The van der Waals surface area contributed by atoms with Crippen LogP contribution in [0.5, 0.6) is 5.75 Å². The Kier molecular flexibility index (Phi) is 5.28. The van der Waals surface area contributed by atoms with Gasteiger partial charge < -0.3 is 10.1 Å². The number of halogens is 2. The molecule has 0 aromatic heterocycles. The molecule has 0 heterocycles. The zero-order chi connectivity index (χ0) is 15.2. The summed E-state index contributed by atoms with van der Waals surface area (Å²) in [4.78, 5) is 0. The van der Waals surface area contributed by atoms with Crippen molar-refractivity contribution >= 4 is 0 Å². The van der Waals surface area contributed by atoms with Crippen LogP contribution in [0.3, 0.4) is 0 Å². The Balaban J connectivity index is 1.93. The van der Waals surface area contributed by atoms with Gasteiger partial charge in [-0.15, -0.1) is 0 Å². The summed E-state index contributed by atoms with van der Waals surface area (Å²) < 4.78 is 31.7. The van der Waals surface area contributed by atoms with Gasteiger partial charge in [0.2, 0.25) is 0 Å². The first-order chi connectivity index (χ1) is 10.0. The molecule has 0 saturated heterocycles. The molecule has 1 N–H and O–H groups in total. The van der Waals surface area contributed by atoms with Gasteiger partial charge in [-0.3, -0.25) is 0 Å². The molecule has 0 aliphatic heterocycles. The third kappa shape index (κ3) is 4.83. The van der Waals surface area contributed by atoms with E-state index in [1.807, 2.05) is 24.3 Å². The third-order valence-electron chi connectivity index (χ3n) is 3.02. The van der Waals surface area contributed by atoms with Gasteiger partial charge in [0.15, 0.2) is 11.6 Å². The fraction of sp³-hybridized carbons (Fsp3) is 0.294. The van der Waals surface area contributed by atoms with Gasteiger partial charge in [0.25, 0.3) is 0 Å². The smallest absolute Gasteiger partial charge is 0.165 e. The SMILES string of the molecule is CC(C)NCc1ccc(COc2cc(F)ccc2F)cc1. The first-order valence-electron chi connectivity index (χ1n) is 6.93. The monoisotopic (exact) mass is 291 g/mol. The highest BCUT2D eigenvalue weighted by Crippen LogP contribution is 2.19. The Hall–Kier alpha value is -1.94. The predicted molar refractivity (Wildman–Crippen MR) is 79.1 cm³/mol. The average molecular weight is 291 g/mol. The molecular weight excluding hydrogens is 272 g/mol. The van der Waals surface area contributed by atoms with Gasteiger partial charge in [0, 0.05) is 18.7 Å². The molecule has 0 aliphatic rings. The number of hydrogen-bond donors (Lipinski definition) is 1. The molecule has 0 amide bonds. The molecule has 0 bridgehead atoms. The minimum atomic E-state index is -0.561. The van der Waals surface area contributed by atoms with E-state index in [0.717, 1.165) is 30.3 Å². The molecule has 0 saturated carbocycles. The second-order valence-electron chi connectivity index (χ2n) is 5.22. The first kappa shape index (κ1) is 15.4. The maximum absolute atomic E-state index is 13.4. The van der Waals surface area contributed by atoms with Gasteiger partial charge in [-0.2, -0.15) is 0 Å². The Morgan fingerprint density at radius 3 is 2.33 bits per heavy atom. The minimum absolute atomic E-state index is 0.0689. The van der Waals surface area contributed by atoms with Gasteiger partial charge in [0.05, 0.1) is 0 Å². The van der Waals surface area contributed by atoms with E-state index in [4.69, 9.17) is 4.74 Å². The van der Waals surface area contributed by atoms with E-state index < -0.39 is 11.6 Å². The molecule has 0 radical (unpaired) electrons. The molecule has 112 valence electrons. The van der Waals surface area contributed by atoms with Crippen molar-refractivity contribution in [2.24, 2.45) is 0 Å². The van der Waals surface area contributed by atoms with Crippen LogP contribution < -0.4 is 10.1 Å². The highest BCUT2D eigenvalue weighted by Gasteiger charge is 2.05. The van der Waals surface area contributed by atoms with Crippen molar-refractivity contribution in [2.75, 3.05) is 0 Å². The Morgan fingerprint density at radius 1 is 1.00 bits per heavy atom. The lowest BCUT2D eigenvalue weighted by atomic mass is 10.1. The lowest BCUT2D eigenvalue weighted by Crippen LogP contribution is -2.21. The summed E-state index contributed by atoms with van der Waals surface area (Å²) in [5.74, 6) is -1.14. The molecule has 0 spiro atoms. The van der Waals surface area contributed by atoms with Gasteiger partial charge in [-0.05, 0) is 23.3 Å². The van der Waals surface area contributed by atoms with Crippen LogP contribution in [0.15, 0.2) is 42.5 Å². The van der Waals surface area contributed by atoms with Gasteiger partial charge >= 0.3 is 0 Å². The van der Waals surface area contributed by atoms with E-state index in [1.165, 1.54) is 5.56 Å². The molecule has 0 aliphatic carbocycles. The number of ether oxygens (including phenoxy) is 1. The van der Waals surface area contributed by atoms with Crippen LogP contribution in [0.25, 0.3) is 0 Å². The normalized spacial score (nSPS) is 10.9. The summed E-state index contributed by atoms with van der Waals surface area (Å²) in [5, 5.41) is 3.33. The quantitative estimate of drug-likeness (QED) is 0.867. The maximum Gasteiger partial charge on any atom is 0.165 e. The summed E-state index contributed by atoms with van der Waals surface area (Å²) in [6.45, 7) is 5.20. The number of benzene rings is 2. The van der Waals surface area contributed by atoms with E-state index in [-0.39, 0.29) is 12.4 Å². The van der Waals surface area contributed by atoms with Crippen molar-refractivity contribution in [3.05, 3.63) is 65.2 Å². The van der Waals surface area contributed by atoms with Crippen molar-refractivity contribution in [2.45, 2.75) is 33.0 Å². The fourth-order valence-corrected chi connectivity index (χ4v) is 1.82. The number of rotatable bonds is 6. The lowest BCUT2D eigenvalue weighted by Gasteiger charge is -2.10. The molecule has 2 aromatic rings. The van der Waals surface area contributed by atoms with Crippen molar-refractivity contribution in [3.63, 3.8) is 0 Å². The number of hydrogen-bond acceptors (Lipinski definition) is 2. The Morgan fingerprint density at radius 2 is 1.67 bits per heavy atom. The second kappa shape index (κ2) is 7.18.